The number of aliphatic hydroxyl groups is 1. The molecule has 0 radical (unpaired) electrons. The van der Waals surface area contributed by atoms with Crippen LogP contribution in [0.2, 0.25) is 0 Å². The topological polar surface area (TPSA) is 106 Å². The van der Waals surface area contributed by atoms with Gasteiger partial charge >= 0.3 is 0 Å². The maximum absolute atomic E-state index is 12.2. The summed E-state index contributed by atoms with van der Waals surface area (Å²) in [6, 6.07) is 1.14. The number of rotatable bonds is 2. The Morgan fingerprint density at radius 2 is 2.20 bits per heavy atom. The highest BCUT2D eigenvalue weighted by Crippen LogP contribution is 2.27. The van der Waals surface area contributed by atoms with E-state index in [-0.39, 0.29) is 23.8 Å². The van der Waals surface area contributed by atoms with Crippen LogP contribution in [0, 0.1) is 5.92 Å². The van der Waals surface area contributed by atoms with E-state index in [1.54, 1.807) is 11.8 Å². The van der Waals surface area contributed by atoms with Gasteiger partial charge in [0.15, 0.2) is 0 Å². The van der Waals surface area contributed by atoms with Crippen molar-refractivity contribution in [2.75, 3.05) is 13.1 Å². The molecule has 7 heteroatoms. The molecule has 1 amide bonds. The van der Waals surface area contributed by atoms with Crippen molar-refractivity contribution in [2.24, 2.45) is 5.92 Å². The van der Waals surface area contributed by atoms with Crippen LogP contribution in [0.5, 0.6) is 0 Å². The molecule has 2 heterocycles. The smallest absolute Gasteiger partial charge is 0.266 e. The fourth-order valence-corrected chi connectivity index (χ4v) is 2.32. The quantitative estimate of drug-likeness (QED) is 0.661. The predicted octanol–water partition coefficient (Wildman–Crippen LogP) is -0.775. The third-order valence-corrected chi connectivity index (χ3v) is 4.03. The molecule has 2 atom stereocenters. The van der Waals surface area contributed by atoms with Crippen molar-refractivity contribution in [2.45, 2.75) is 32.3 Å². The highest BCUT2D eigenvalue weighted by Gasteiger charge is 2.36. The fourth-order valence-electron chi connectivity index (χ4n) is 2.32. The SMILES string of the molecule is C[C@@H]1CN(C(=O)Cc2cc(=O)[nH][nH]c2=O)CC[C@]1(C)O. The van der Waals surface area contributed by atoms with E-state index in [1.165, 1.54) is 0 Å². The van der Waals surface area contributed by atoms with Crippen molar-refractivity contribution in [1.29, 1.82) is 0 Å². The molecule has 1 saturated heterocycles. The molecule has 0 bridgehead atoms. The minimum Gasteiger partial charge on any atom is -0.390 e. The van der Waals surface area contributed by atoms with Gasteiger partial charge in [-0.3, -0.25) is 24.6 Å². The van der Waals surface area contributed by atoms with Gasteiger partial charge in [-0.05, 0) is 13.3 Å². The number of nitrogens with zero attached hydrogens (tertiary/aromatic N) is 1. The minimum absolute atomic E-state index is 0.0299. The van der Waals surface area contributed by atoms with Gasteiger partial charge in [-0.2, -0.15) is 0 Å². The third-order valence-electron chi connectivity index (χ3n) is 4.03. The normalized spacial score (nSPS) is 26.6. The van der Waals surface area contributed by atoms with Gasteiger partial charge in [0.25, 0.3) is 11.1 Å². The molecule has 1 aromatic heterocycles. The number of amides is 1. The Morgan fingerprint density at radius 3 is 2.85 bits per heavy atom. The van der Waals surface area contributed by atoms with Crippen molar-refractivity contribution in [1.82, 2.24) is 15.1 Å². The number of hydrogen-bond acceptors (Lipinski definition) is 4. The van der Waals surface area contributed by atoms with Gasteiger partial charge in [0.05, 0.1) is 12.0 Å². The summed E-state index contributed by atoms with van der Waals surface area (Å²) < 4.78 is 0. The average molecular weight is 281 g/mol. The zero-order chi connectivity index (χ0) is 14.9. The summed E-state index contributed by atoms with van der Waals surface area (Å²) in [5.41, 5.74) is -1.51. The van der Waals surface area contributed by atoms with Gasteiger partial charge in [0, 0.05) is 30.6 Å². The zero-order valence-electron chi connectivity index (χ0n) is 11.6. The Hall–Kier alpha value is -1.89. The monoisotopic (exact) mass is 281 g/mol. The molecule has 7 nitrogen and oxygen atoms in total. The first-order chi connectivity index (χ1) is 9.29. The number of likely N-dealkylation sites (tertiary alicyclic amines) is 1. The lowest BCUT2D eigenvalue weighted by molar-refractivity contribution is -0.137. The van der Waals surface area contributed by atoms with Crippen LogP contribution in [-0.4, -0.2) is 44.8 Å². The molecule has 3 N–H and O–H groups in total. The molecule has 1 aliphatic heterocycles. The minimum atomic E-state index is -0.766. The first kappa shape index (κ1) is 14.5. The van der Waals surface area contributed by atoms with Crippen LogP contribution < -0.4 is 11.1 Å². The van der Waals surface area contributed by atoms with E-state index >= 15 is 0 Å². The van der Waals surface area contributed by atoms with Gasteiger partial charge in [-0.1, -0.05) is 6.92 Å². The van der Waals surface area contributed by atoms with Crippen LogP contribution in [0.1, 0.15) is 25.8 Å². The molecule has 0 saturated carbocycles. The van der Waals surface area contributed by atoms with Gasteiger partial charge in [-0.25, -0.2) is 0 Å². The van der Waals surface area contributed by atoms with Crippen molar-refractivity contribution in [3.63, 3.8) is 0 Å². The zero-order valence-corrected chi connectivity index (χ0v) is 11.6. The van der Waals surface area contributed by atoms with Crippen LogP contribution >= 0.6 is 0 Å². The number of carbonyl (C=O) groups is 1. The Morgan fingerprint density at radius 1 is 1.50 bits per heavy atom. The number of hydrogen-bond donors (Lipinski definition) is 3. The van der Waals surface area contributed by atoms with Crippen molar-refractivity contribution >= 4 is 5.91 Å². The first-order valence-electron chi connectivity index (χ1n) is 6.60. The second-order valence-corrected chi connectivity index (χ2v) is 5.64. The summed E-state index contributed by atoms with van der Waals surface area (Å²) in [6.45, 7) is 4.56. The molecule has 2 rings (SSSR count). The van der Waals surface area contributed by atoms with E-state index in [1.807, 2.05) is 6.92 Å². The second-order valence-electron chi connectivity index (χ2n) is 5.64. The lowest BCUT2D eigenvalue weighted by atomic mass is 9.84. The second kappa shape index (κ2) is 5.24. The van der Waals surface area contributed by atoms with Crippen LogP contribution in [0.4, 0.5) is 0 Å². The van der Waals surface area contributed by atoms with Crippen LogP contribution in [-0.2, 0) is 11.2 Å². The van der Waals surface area contributed by atoms with Crippen LogP contribution in [0.15, 0.2) is 15.7 Å². The molecule has 110 valence electrons. The summed E-state index contributed by atoms with van der Waals surface area (Å²) in [5, 5.41) is 14.4. The molecular weight excluding hydrogens is 262 g/mol. The summed E-state index contributed by atoms with van der Waals surface area (Å²) in [7, 11) is 0. The Labute approximate surface area is 115 Å². The maximum atomic E-state index is 12.2. The number of aromatic nitrogens is 2. The molecule has 0 unspecified atom stereocenters. The highest BCUT2D eigenvalue weighted by molar-refractivity contribution is 5.78. The van der Waals surface area contributed by atoms with Gasteiger partial charge in [0.2, 0.25) is 5.91 Å². The van der Waals surface area contributed by atoms with Crippen molar-refractivity contribution in [3.8, 4) is 0 Å². The summed E-state index contributed by atoms with van der Waals surface area (Å²) in [5.74, 6) is -0.235. The lowest BCUT2D eigenvalue weighted by Crippen LogP contribution is -2.51. The number of nitrogens with one attached hydrogen (secondary N) is 2. The Bertz CT molecular complexity index is 617. The molecule has 20 heavy (non-hydrogen) atoms. The Balaban J connectivity index is 2.08. The average Bonchev–Trinajstić information content (AvgIpc) is 2.37. The molecule has 0 spiro atoms. The van der Waals surface area contributed by atoms with Gasteiger partial charge < -0.3 is 10.0 Å². The predicted molar refractivity (Wildman–Crippen MR) is 72.4 cm³/mol. The molecule has 1 aromatic rings. The lowest BCUT2D eigenvalue weighted by Gasteiger charge is -2.41. The van der Waals surface area contributed by atoms with Crippen LogP contribution in [0.25, 0.3) is 0 Å². The van der Waals surface area contributed by atoms with Gasteiger partial charge in [0.1, 0.15) is 0 Å². The Kier molecular flexibility index (Phi) is 3.80. The van der Waals surface area contributed by atoms with E-state index < -0.39 is 16.7 Å². The van der Waals surface area contributed by atoms with E-state index in [0.29, 0.717) is 19.5 Å². The van der Waals surface area contributed by atoms with Crippen molar-refractivity contribution in [3.05, 3.63) is 32.3 Å². The van der Waals surface area contributed by atoms with E-state index in [0.717, 1.165) is 6.07 Å². The van der Waals surface area contributed by atoms with E-state index in [2.05, 4.69) is 10.2 Å². The van der Waals surface area contributed by atoms with Crippen molar-refractivity contribution < 1.29 is 9.90 Å². The van der Waals surface area contributed by atoms with E-state index in [4.69, 9.17) is 0 Å². The van der Waals surface area contributed by atoms with Crippen LogP contribution in [0.3, 0.4) is 0 Å². The third kappa shape index (κ3) is 2.98. The first-order valence-corrected chi connectivity index (χ1v) is 6.60. The molecule has 1 fully saturated rings. The standard InChI is InChI=1S/C13H19N3O4/c1-8-7-16(4-3-13(8,2)20)11(18)6-9-5-10(17)14-15-12(9)19/h5,8,20H,3-4,6-7H2,1-2H3,(H,14,17)(H,15,19)/t8-,13+/m1/s1. The fraction of sp³-hybridized carbons (Fsp3) is 0.615. The number of piperidine rings is 1. The molecule has 1 aliphatic rings. The molecular formula is C13H19N3O4. The summed E-state index contributed by atoms with van der Waals surface area (Å²) in [4.78, 5) is 36.5. The van der Waals surface area contributed by atoms with Gasteiger partial charge in [-0.15, -0.1) is 0 Å². The maximum Gasteiger partial charge on any atom is 0.266 e. The molecule has 0 aliphatic carbocycles. The largest absolute Gasteiger partial charge is 0.390 e. The number of aromatic amines is 2. The number of carbonyl (C=O) groups excluding carboxylic acids is 1. The summed E-state index contributed by atoms with van der Waals surface area (Å²) in [6.07, 6.45) is 0.403. The number of H-pyrrole nitrogens is 2. The highest BCUT2D eigenvalue weighted by atomic mass is 16.3. The molecule has 0 aromatic carbocycles. The summed E-state index contributed by atoms with van der Waals surface area (Å²) >= 11 is 0. The van der Waals surface area contributed by atoms with E-state index in [9.17, 15) is 19.5 Å².